The fourth-order valence-corrected chi connectivity index (χ4v) is 4.51. The lowest BCUT2D eigenvalue weighted by atomic mass is 9.91. The molecule has 0 aliphatic carbocycles. The van der Waals surface area contributed by atoms with Crippen LogP contribution in [0.25, 0.3) is 28.2 Å². The van der Waals surface area contributed by atoms with Gasteiger partial charge in [0.15, 0.2) is 0 Å². The molecule has 2 aromatic heterocycles. The summed E-state index contributed by atoms with van der Waals surface area (Å²) in [5, 5.41) is 30.5. The predicted octanol–water partition coefficient (Wildman–Crippen LogP) is 5.52. The van der Waals surface area contributed by atoms with E-state index in [-0.39, 0.29) is 31.2 Å². The normalized spacial score (nSPS) is 13.6. The van der Waals surface area contributed by atoms with Gasteiger partial charge in [-0.3, -0.25) is 0 Å². The van der Waals surface area contributed by atoms with Crippen molar-refractivity contribution in [3.8, 4) is 11.1 Å². The molecule has 5 nitrogen and oxygen atoms in total. The van der Waals surface area contributed by atoms with E-state index in [1.54, 1.807) is 18.2 Å². The van der Waals surface area contributed by atoms with Crippen LogP contribution in [-0.2, 0) is 6.54 Å². The van der Waals surface area contributed by atoms with Gasteiger partial charge in [0.05, 0.1) is 17.9 Å². The van der Waals surface area contributed by atoms with Gasteiger partial charge in [-0.1, -0.05) is 68.5 Å². The number of aliphatic hydroxyl groups excluding tert-OH is 3. The Kier molecular flexibility index (Phi) is 8.31. The van der Waals surface area contributed by atoms with Crippen LogP contribution >= 0.6 is 0 Å². The number of hydrogen-bond acceptors (Lipinski definition) is 4. The van der Waals surface area contributed by atoms with Gasteiger partial charge in [0.2, 0.25) is 0 Å². The van der Waals surface area contributed by atoms with Crippen molar-refractivity contribution in [1.29, 1.82) is 0 Å². The molecule has 0 aliphatic heterocycles. The number of hydrogen-bond donors (Lipinski definition) is 3. The molecule has 188 valence electrons. The molecule has 2 aromatic carbocycles. The molecule has 36 heavy (non-hydrogen) atoms. The maximum Gasteiger partial charge on any atom is 0.141 e. The summed E-state index contributed by atoms with van der Waals surface area (Å²) in [6, 6.07) is 18.7. The highest BCUT2D eigenvalue weighted by Crippen LogP contribution is 2.37. The van der Waals surface area contributed by atoms with Gasteiger partial charge >= 0.3 is 0 Å². The SMILES string of the molecule is CC(C)c1nc2c(ccn2Cc2ccccc2)c(-c2ccc(F)cc2)c1C=C[C@@H](O)C[C@@H](O)CCO. The molecule has 6 heteroatoms. The van der Waals surface area contributed by atoms with Crippen molar-refractivity contribution >= 4 is 17.1 Å². The van der Waals surface area contributed by atoms with Crippen molar-refractivity contribution in [2.24, 2.45) is 0 Å². The number of aliphatic hydroxyl groups is 3. The van der Waals surface area contributed by atoms with Gasteiger partial charge in [-0.15, -0.1) is 0 Å². The van der Waals surface area contributed by atoms with Crippen LogP contribution in [0.5, 0.6) is 0 Å². The first kappa shape index (κ1) is 25.8. The van der Waals surface area contributed by atoms with Crippen molar-refractivity contribution < 1.29 is 19.7 Å². The van der Waals surface area contributed by atoms with Crippen LogP contribution in [0.3, 0.4) is 0 Å². The maximum atomic E-state index is 13.8. The van der Waals surface area contributed by atoms with E-state index in [1.165, 1.54) is 17.7 Å². The van der Waals surface area contributed by atoms with Crippen LogP contribution in [0.1, 0.15) is 49.4 Å². The number of fused-ring (bicyclic) bond motifs is 1. The second kappa shape index (κ2) is 11.6. The molecule has 0 fully saturated rings. The molecule has 0 unspecified atom stereocenters. The van der Waals surface area contributed by atoms with Crippen molar-refractivity contribution in [3.05, 3.63) is 95.6 Å². The van der Waals surface area contributed by atoms with Gasteiger partial charge in [0, 0.05) is 42.3 Å². The number of benzene rings is 2. The topological polar surface area (TPSA) is 78.5 Å². The number of nitrogens with zero attached hydrogens (tertiary/aromatic N) is 2. The molecule has 4 aromatic rings. The molecule has 0 bridgehead atoms. The quantitative estimate of drug-likeness (QED) is 0.275. The van der Waals surface area contributed by atoms with E-state index in [0.717, 1.165) is 33.4 Å². The zero-order valence-corrected chi connectivity index (χ0v) is 20.7. The Morgan fingerprint density at radius 2 is 1.72 bits per heavy atom. The van der Waals surface area contributed by atoms with E-state index in [2.05, 4.69) is 30.5 Å². The minimum absolute atomic E-state index is 0.0884. The zero-order valence-electron chi connectivity index (χ0n) is 20.7. The number of aromatic nitrogens is 2. The first-order valence-corrected chi connectivity index (χ1v) is 12.3. The summed E-state index contributed by atoms with van der Waals surface area (Å²) in [4.78, 5) is 5.08. The Morgan fingerprint density at radius 1 is 1.00 bits per heavy atom. The molecule has 2 atom stereocenters. The minimum atomic E-state index is -0.883. The van der Waals surface area contributed by atoms with Crippen LogP contribution in [0.4, 0.5) is 4.39 Å². The smallest absolute Gasteiger partial charge is 0.141 e. The lowest BCUT2D eigenvalue weighted by Gasteiger charge is -2.18. The first-order chi connectivity index (χ1) is 17.4. The van der Waals surface area contributed by atoms with Crippen LogP contribution in [0, 0.1) is 5.82 Å². The van der Waals surface area contributed by atoms with Gasteiger partial charge in [0.25, 0.3) is 0 Å². The fraction of sp³-hybridized carbons (Fsp3) is 0.300. The molecule has 3 N–H and O–H groups in total. The highest BCUT2D eigenvalue weighted by molar-refractivity contribution is 5.98. The molecule has 0 amide bonds. The van der Waals surface area contributed by atoms with Gasteiger partial charge in [-0.2, -0.15) is 0 Å². The lowest BCUT2D eigenvalue weighted by Crippen LogP contribution is -2.17. The second-order valence-corrected chi connectivity index (χ2v) is 9.44. The molecule has 0 saturated heterocycles. The Morgan fingerprint density at radius 3 is 2.39 bits per heavy atom. The standard InChI is InChI=1S/C30H33FN2O3/c1-20(2)29-26(13-12-24(35)18-25(36)15-17-34)28(22-8-10-23(31)11-9-22)27-14-16-33(30(27)32-29)19-21-6-4-3-5-7-21/h3-14,16,20,24-25,34-36H,15,17-19H2,1-2H3/t24-,25+/m1/s1. The van der Waals surface area contributed by atoms with E-state index >= 15 is 0 Å². The largest absolute Gasteiger partial charge is 0.396 e. The van der Waals surface area contributed by atoms with Gasteiger partial charge in [-0.05, 0) is 41.7 Å². The highest BCUT2D eigenvalue weighted by Gasteiger charge is 2.20. The van der Waals surface area contributed by atoms with Crippen LogP contribution in [0.15, 0.2) is 72.9 Å². The number of pyridine rings is 1. The zero-order chi connectivity index (χ0) is 25.7. The Balaban J connectivity index is 1.86. The fourth-order valence-electron chi connectivity index (χ4n) is 4.51. The average Bonchev–Trinajstić information content (AvgIpc) is 3.25. The van der Waals surface area contributed by atoms with E-state index < -0.39 is 12.2 Å². The third-order valence-corrected chi connectivity index (χ3v) is 6.31. The average molecular weight is 489 g/mol. The lowest BCUT2D eigenvalue weighted by molar-refractivity contribution is 0.0827. The highest BCUT2D eigenvalue weighted by atomic mass is 19.1. The van der Waals surface area contributed by atoms with E-state index in [9.17, 15) is 14.6 Å². The summed E-state index contributed by atoms with van der Waals surface area (Å²) in [7, 11) is 0. The van der Waals surface area contributed by atoms with Gasteiger partial charge < -0.3 is 19.9 Å². The molecule has 0 aliphatic rings. The molecular formula is C30H33FN2O3. The summed E-state index contributed by atoms with van der Waals surface area (Å²) in [6.07, 6.45) is 4.20. The van der Waals surface area contributed by atoms with Crippen molar-refractivity contribution in [3.63, 3.8) is 0 Å². The third kappa shape index (κ3) is 5.90. The molecular weight excluding hydrogens is 455 g/mol. The summed E-state index contributed by atoms with van der Waals surface area (Å²) >= 11 is 0. The molecule has 0 spiro atoms. The van der Waals surface area contributed by atoms with E-state index in [1.807, 2.05) is 36.5 Å². The molecule has 2 heterocycles. The number of halogens is 1. The van der Waals surface area contributed by atoms with E-state index in [0.29, 0.717) is 6.54 Å². The Hall–Kier alpha value is -3.32. The summed E-state index contributed by atoms with van der Waals surface area (Å²) < 4.78 is 15.9. The monoisotopic (exact) mass is 488 g/mol. The maximum absolute atomic E-state index is 13.8. The number of rotatable bonds is 10. The third-order valence-electron chi connectivity index (χ3n) is 6.31. The van der Waals surface area contributed by atoms with Crippen LogP contribution in [0.2, 0.25) is 0 Å². The van der Waals surface area contributed by atoms with Gasteiger partial charge in [0.1, 0.15) is 11.5 Å². The molecule has 0 radical (unpaired) electrons. The van der Waals surface area contributed by atoms with Crippen LogP contribution < -0.4 is 0 Å². The first-order valence-electron chi connectivity index (χ1n) is 12.3. The predicted molar refractivity (Wildman–Crippen MR) is 142 cm³/mol. The van der Waals surface area contributed by atoms with E-state index in [4.69, 9.17) is 10.1 Å². The molecule has 0 saturated carbocycles. The van der Waals surface area contributed by atoms with Crippen molar-refractivity contribution in [2.45, 2.75) is 51.4 Å². The summed E-state index contributed by atoms with van der Waals surface area (Å²) in [6.45, 7) is 4.69. The summed E-state index contributed by atoms with van der Waals surface area (Å²) in [5.74, 6) is -0.217. The Bertz CT molecular complexity index is 1310. The van der Waals surface area contributed by atoms with Crippen molar-refractivity contribution in [2.75, 3.05) is 6.61 Å². The summed E-state index contributed by atoms with van der Waals surface area (Å²) in [5.41, 5.74) is 5.52. The Labute approximate surface area is 211 Å². The second-order valence-electron chi connectivity index (χ2n) is 9.44. The van der Waals surface area contributed by atoms with Crippen LogP contribution in [-0.4, -0.2) is 43.7 Å². The molecule has 4 rings (SSSR count). The van der Waals surface area contributed by atoms with Crippen molar-refractivity contribution in [1.82, 2.24) is 9.55 Å². The van der Waals surface area contributed by atoms with Gasteiger partial charge in [-0.25, -0.2) is 9.37 Å². The minimum Gasteiger partial charge on any atom is -0.396 e.